The maximum absolute atomic E-state index is 7.05. The van der Waals surface area contributed by atoms with Gasteiger partial charge in [0.1, 0.15) is 12.4 Å². The number of rotatable bonds is 6. The molecule has 1 heterocycles. The van der Waals surface area contributed by atoms with Gasteiger partial charge in [-0.05, 0) is 52.6 Å². The first-order valence-corrected chi connectivity index (χ1v) is 13.3. The summed E-state index contributed by atoms with van der Waals surface area (Å²) < 4.78 is 25.1. The highest BCUT2D eigenvalue weighted by Gasteiger charge is 2.27. The Balaban J connectivity index is 1.69. The highest BCUT2D eigenvalue weighted by Crippen LogP contribution is 2.47. The van der Waals surface area contributed by atoms with E-state index >= 15 is 0 Å². The molecule has 5 nitrogen and oxygen atoms in total. The van der Waals surface area contributed by atoms with Crippen LogP contribution in [0.4, 0.5) is 0 Å². The van der Waals surface area contributed by atoms with Crippen molar-refractivity contribution in [2.75, 3.05) is 28.4 Å². The number of pyridine rings is 1. The van der Waals surface area contributed by atoms with Crippen molar-refractivity contribution in [3.8, 4) is 45.3 Å². The summed E-state index contributed by atoms with van der Waals surface area (Å²) in [5, 5.41) is 5.39. The molecule has 0 aliphatic carbocycles. The predicted molar refractivity (Wildman–Crippen MR) is 162 cm³/mol. The van der Waals surface area contributed by atoms with Crippen LogP contribution < -0.4 is 23.5 Å². The van der Waals surface area contributed by atoms with Crippen LogP contribution in [-0.4, -0.2) is 28.4 Å². The molecule has 0 bridgehead atoms. The van der Waals surface area contributed by atoms with Crippen molar-refractivity contribution >= 4 is 44.0 Å². The Bertz CT molecular complexity index is 1900. The fraction of sp³-hybridized carbons (Fsp3) is 0.147. The molecule has 6 aromatic rings. The quantitative estimate of drug-likeness (QED) is 0.120. The van der Waals surface area contributed by atoms with E-state index in [-0.39, 0.29) is 0 Å². The number of nitrogens with zero attached hydrogens (tertiary/aromatic N) is 1. The Morgan fingerprint density at radius 2 is 1.15 bits per heavy atom. The van der Waals surface area contributed by atoms with Crippen LogP contribution in [0.3, 0.4) is 0 Å². The van der Waals surface area contributed by atoms with E-state index in [1.807, 2.05) is 48.0 Å². The SMILES string of the molecule is COc1cc2c(ccc3c4ccc(OC)c(OC)c4c(Cl)[n+](C)c23)c(-c2ccc(-c3ccccc3)cc2)c1OC. The molecule has 0 spiro atoms. The lowest BCUT2D eigenvalue weighted by atomic mass is 9.92. The average Bonchev–Trinajstić information content (AvgIpc) is 3.01. The third-order valence-corrected chi connectivity index (χ3v) is 8.03. The number of benzene rings is 5. The van der Waals surface area contributed by atoms with Gasteiger partial charge in [-0.3, -0.25) is 0 Å². The molecule has 0 unspecified atom stereocenters. The second-order valence-corrected chi connectivity index (χ2v) is 9.92. The van der Waals surface area contributed by atoms with E-state index in [0.717, 1.165) is 49.1 Å². The van der Waals surface area contributed by atoms with Crippen molar-refractivity contribution in [1.29, 1.82) is 0 Å². The molecular weight excluding hydrogens is 522 g/mol. The van der Waals surface area contributed by atoms with Gasteiger partial charge in [0.25, 0.3) is 5.15 Å². The Morgan fingerprint density at radius 1 is 0.550 bits per heavy atom. The van der Waals surface area contributed by atoms with E-state index in [2.05, 4.69) is 48.5 Å². The minimum atomic E-state index is 0.550. The molecular formula is C34H29ClNO4+. The maximum atomic E-state index is 7.05. The van der Waals surface area contributed by atoms with Gasteiger partial charge in [-0.25, -0.2) is 0 Å². The highest BCUT2D eigenvalue weighted by molar-refractivity contribution is 6.36. The lowest BCUT2D eigenvalue weighted by molar-refractivity contribution is -0.640. The molecule has 200 valence electrons. The van der Waals surface area contributed by atoms with E-state index in [9.17, 15) is 0 Å². The number of aryl methyl sites for hydroxylation is 1. The molecule has 0 aliphatic rings. The minimum absolute atomic E-state index is 0.550. The Hall–Kier alpha value is -4.48. The molecule has 6 rings (SSSR count). The molecule has 0 N–H and O–H groups in total. The molecule has 0 amide bonds. The lowest BCUT2D eigenvalue weighted by Gasteiger charge is -2.18. The Labute approximate surface area is 238 Å². The number of fused-ring (bicyclic) bond motifs is 5. The Morgan fingerprint density at radius 3 is 1.80 bits per heavy atom. The predicted octanol–water partition coefficient (Wildman–Crippen LogP) is 7.99. The van der Waals surface area contributed by atoms with Gasteiger partial charge in [0.2, 0.25) is 5.52 Å². The van der Waals surface area contributed by atoms with E-state index in [1.165, 1.54) is 5.56 Å². The van der Waals surface area contributed by atoms with Crippen LogP contribution >= 0.6 is 11.6 Å². The van der Waals surface area contributed by atoms with Crippen LogP contribution in [-0.2, 0) is 7.05 Å². The minimum Gasteiger partial charge on any atom is -0.493 e. The van der Waals surface area contributed by atoms with Gasteiger partial charge < -0.3 is 18.9 Å². The zero-order valence-electron chi connectivity index (χ0n) is 23.0. The van der Waals surface area contributed by atoms with Crippen molar-refractivity contribution in [3.63, 3.8) is 0 Å². The van der Waals surface area contributed by atoms with Gasteiger partial charge >= 0.3 is 0 Å². The molecule has 0 radical (unpaired) electrons. The van der Waals surface area contributed by atoms with Crippen molar-refractivity contribution in [1.82, 2.24) is 0 Å². The number of hydrogen-bond donors (Lipinski definition) is 0. The molecule has 5 aromatic carbocycles. The second-order valence-electron chi connectivity index (χ2n) is 9.56. The maximum Gasteiger partial charge on any atom is 0.287 e. The zero-order chi connectivity index (χ0) is 28.0. The van der Waals surface area contributed by atoms with Crippen molar-refractivity contribution in [2.45, 2.75) is 0 Å². The molecule has 1 aromatic heterocycles. The van der Waals surface area contributed by atoms with Crippen LogP contribution in [0.2, 0.25) is 5.15 Å². The topological polar surface area (TPSA) is 40.8 Å². The molecule has 0 saturated heterocycles. The summed E-state index contributed by atoms with van der Waals surface area (Å²) in [6, 6.07) is 29.1. The fourth-order valence-electron chi connectivity index (χ4n) is 5.72. The zero-order valence-corrected chi connectivity index (χ0v) is 23.8. The monoisotopic (exact) mass is 550 g/mol. The van der Waals surface area contributed by atoms with Crippen LogP contribution in [0, 0.1) is 0 Å². The van der Waals surface area contributed by atoms with E-state index in [4.69, 9.17) is 30.5 Å². The number of aromatic nitrogens is 1. The smallest absolute Gasteiger partial charge is 0.287 e. The van der Waals surface area contributed by atoms with Gasteiger partial charge in [0.05, 0.1) is 39.2 Å². The van der Waals surface area contributed by atoms with Crippen LogP contribution in [0.25, 0.3) is 54.7 Å². The third kappa shape index (κ3) is 3.89. The van der Waals surface area contributed by atoms with Crippen LogP contribution in [0.1, 0.15) is 0 Å². The first kappa shape index (κ1) is 25.8. The third-order valence-electron chi connectivity index (χ3n) is 7.59. The highest BCUT2D eigenvalue weighted by atomic mass is 35.5. The van der Waals surface area contributed by atoms with Gasteiger partial charge in [0.15, 0.2) is 23.0 Å². The summed E-state index contributed by atoms with van der Waals surface area (Å²) in [5.74, 6) is 2.56. The Kier molecular flexibility index (Phi) is 6.60. The first-order valence-electron chi connectivity index (χ1n) is 12.9. The number of ether oxygens (including phenoxy) is 4. The van der Waals surface area contributed by atoms with E-state index < -0.39 is 0 Å². The van der Waals surface area contributed by atoms with Crippen LogP contribution in [0.15, 0.2) is 84.9 Å². The van der Waals surface area contributed by atoms with Gasteiger partial charge in [0, 0.05) is 16.3 Å². The number of hydrogen-bond acceptors (Lipinski definition) is 4. The summed E-state index contributed by atoms with van der Waals surface area (Å²) in [7, 11) is 8.56. The van der Waals surface area contributed by atoms with Crippen molar-refractivity contribution in [3.05, 3.63) is 90.1 Å². The van der Waals surface area contributed by atoms with Crippen molar-refractivity contribution in [2.24, 2.45) is 7.05 Å². The number of methoxy groups -OCH3 is 4. The summed E-state index contributed by atoms with van der Waals surface area (Å²) >= 11 is 7.05. The standard InChI is InChI=1S/C34H29ClNO4/c1-36-31-25(23-17-18-27(37-2)32(39-4)30(23)34(36)35)16-15-24-26(31)19-28(38-3)33(40-5)29(24)22-13-11-21(12-14-22)20-9-7-6-8-10-20/h6-19H,1-5H3/q+1. The molecule has 0 aliphatic heterocycles. The fourth-order valence-corrected chi connectivity index (χ4v) is 5.99. The first-order chi connectivity index (χ1) is 19.5. The van der Waals surface area contributed by atoms with Gasteiger partial charge in [-0.2, -0.15) is 4.57 Å². The summed E-state index contributed by atoms with van der Waals surface area (Å²) in [6.45, 7) is 0. The normalized spacial score (nSPS) is 11.2. The van der Waals surface area contributed by atoms with Crippen LogP contribution in [0.5, 0.6) is 23.0 Å². The summed E-state index contributed by atoms with van der Waals surface area (Å²) in [5.41, 5.74) is 5.28. The van der Waals surface area contributed by atoms with E-state index in [0.29, 0.717) is 28.2 Å². The summed E-state index contributed by atoms with van der Waals surface area (Å²) in [6.07, 6.45) is 0. The van der Waals surface area contributed by atoms with E-state index in [1.54, 1.807) is 28.4 Å². The summed E-state index contributed by atoms with van der Waals surface area (Å²) in [4.78, 5) is 0. The molecule has 0 atom stereocenters. The number of halogens is 1. The molecule has 6 heteroatoms. The molecule has 40 heavy (non-hydrogen) atoms. The largest absolute Gasteiger partial charge is 0.493 e. The second kappa shape index (κ2) is 10.2. The van der Waals surface area contributed by atoms with Gasteiger partial charge in [-0.1, -0.05) is 60.7 Å². The van der Waals surface area contributed by atoms with Gasteiger partial charge in [-0.15, -0.1) is 0 Å². The molecule has 0 saturated carbocycles. The van der Waals surface area contributed by atoms with Crippen molar-refractivity contribution < 1.29 is 23.5 Å². The average molecular weight is 551 g/mol. The molecule has 0 fully saturated rings. The lowest BCUT2D eigenvalue weighted by Crippen LogP contribution is -2.31.